The van der Waals surface area contributed by atoms with Gasteiger partial charge >= 0.3 is 7.12 Å². The van der Waals surface area contributed by atoms with Gasteiger partial charge in [-0.25, -0.2) is 0 Å². The van der Waals surface area contributed by atoms with E-state index >= 15 is 0 Å². The minimum atomic E-state index is -1.46. The summed E-state index contributed by atoms with van der Waals surface area (Å²) >= 11 is 0. The van der Waals surface area contributed by atoms with Crippen molar-refractivity contribution in [2.75, 3.05) is 18.1 Å². The normalized spacial score (nSPS) is 9.58. The molecule has 0 fully saturated rings. The topological polar surface area (TPSA) is 78.5 Å². The van der Waals surface area contributed by atoms with Gasteiger partial charge in [-0.15, -0.1) is 0 Å². The lowest BCUT2D eigenvalue weighted by Gasteiger charge is -2.06. The van der Waals surface area contributed by atoms with Crippen molar-refractivity contribution in [3.8, 4) is 0 Å². The van der Waals surface area contributed by atoms with Gasteiger partial charge in [-0.3, -0.25) is 0 Å². The smallest absolute Gasteiger partial charge is 0.423 e. The van der Waals surface area contributed by atoms with E-state index in [0.29, 0.717) is 11.2 Å². The summed E-state index contributed by atoms with van der Waals surface area (Å²) in [7, 11) is 0.291. The monoisotopic (exact) mass is 166 g/mol. The Kier molecular flexibility index (Phi) is 2.57. The second-order valence-electron chi connectivity index (χ2n) is 2.47. The number of anilines is 2. The third kappa shape index (κ3) is 1.69. The number of nitrogens with two attached hydrogens (primary N) is 1. The first-order chi connectivity index (χ1) is 5.65. The fourth-order valence-electron chi connectivity index (χ4n) is 0.969. The van der Waals surface area contributed by atoms with Gasteiger partial charge in [-0.1, -0.05) is 6.07 Å². The Bertz CT molecular complexity index is 278. The van der Waals surface area contributed by atoms with Crippen LogP contribution in [-0.2, 0) is 0 Å². The summed E-state index contributed by atoms with van der Waals surface area (Å²) in [6.07, 6.45) is 0. The van der Waals surface area contributed by atoms with Crippen molar-refractivity contribution in [1.29, 1.82) is 0 Å². The molecule has 0 atom stereocenters. The highest BCUT2D eigenvalue weighted by Gasteiger charge is 2.11. The molecule has 5 N–H and O–H groups in total. The standard InChI is InChI=1S/C7H11BN2O2/c1-10-7-3-2-5(8(11)12)4-6(7)9/h2-4,10-12H,9H2,1H3. The lowest BCUT2D eigenvalue weighted by atomic mass is 9.80. The molecule has 0 amide bonds. The molecule has 64 valence electrons. The lowest BCUT2D eigenvalue weighted by Crippen LogP contribution is -2.29. The molecule has 0 aliphatic heterocycles. The van der Waals surface area contributed by atoms with Gasteiger partial charge in [0.15, 0.2) is 0 Å². The Morgan fingerprint density at radius 1 is 1.42 bits per heavy atom. The van der Waals surface area contributed by atoms with Crippen LogP contribution in [0.3, 0.4) is 0 Å². The minimum absolute atomic E-state index is 0.395. The van der Waals surface area contributed by atoms with Crippen molar-refractivity contribution in [2.24, 2.45) is 0 Å². The summed E-state index contributed by atoms with van der Waals surface area (Å²) in [4.78, 5) is 0. The van der Waals surface area contributed by atoms with E-state index in [1.165, 1.54) is 6.07 Å². The molecule has 4 nitrogen and oxygen atoms in total. The molecule has 0 spiro atoms. The van der Waals surface area contributed by atoms with Gasteiger partial charge in [0.25, 0.3) is 0 Å². The molecule has 1 rings (SSSR count). The number of nitrogen functional groups attached to an aromatic ring is 1. The zero-order valence-corrected chi connectivity index (χ0v) is 6.78. The minimum Gasteiger partial charge on any atom is -0.423 e. The van der Waals surface area contributed by atoms with Crippen molar-refractivity contribution >= 4 is 24.0 Å². The van der Waals surface area contributed by atoms with Crippen LogP contribution in [0.1, 0.15) is 0 Å². The first kappa shape index (κ1) is 8.90. The van der Waals surface area contributed by atoms with E-state index in [-0.39, 0.29) is 0 Å². The highest BCUT2D eigenvalue weighted by molar-refractivity contribution is 6.58. The summed E-state index contributed by atoms with van der Waals surface area (Å²) in [6, 6.07) is 4.83. The van der Waals surface area contributed by atoms with Gasteiger partial charge < -0.3 is 21.1 Å². The molecule has 0 radical (unpaired) electrons. The fourth-order valence-corrected chi connectivity index (χ4v) is 0.969. The molecule has 0 aromatic heterocycles. The molecule has 0 saturated heterocycles. The first-order valence-corrected chi connectivity index (χ1v) is 3.58. The van der Waals surface area contributed by atoms with Gasteiger partial charge in [-0.05, 0) is 17.6 Å². The Balaban J connectivity index is 3.02. The van der Waals surface area contributed by atoms with Gasteiger partial charge in [0.2, 0.25) is 0 Å². The van der Waals surface area contributed by atoms with Crippen molar-refractivity contribution in [3.05, 3.63) is 18.2 Å². The molecule has 0 aliphatic rings. The predicted octanol–water partition coefficient (Wildman–Crippen LogP) is -1.01. The van der Waals surface area contributed by atoms with Crippen LogP contribution in [0, 0.1) is 0 Å². The maximum Gasteiger partial charge on any atom is 0.488 e. The average Bonchev–Trinajstić information content (AvgIpc) is 2.04. The van der Waals surface area contributed by atoms with Crippen molar-refractivity contribution < 1.29 is 10.0 Å². The van der Waals surface area contributed by atoms with Crippen molar-refractivity contribution in [3.63, 3.8) is 0 Å². The van der Waals surface area contributed by atoms with Crippen molar-refractivity contribution in [2.45, 2.75) is 0 Å². The Morgan fingerprint density at radius 3 is 2.50 bits per heavy atom. The predicted molar refractivity (Wildman–Crippen MR) is 50.2 cm³/mol. The van der Waals surface area contributed by atoms with E-state index in [0.717, 1.165) is 5.69 Å². The lowest BCUT2D eigenvalue weighted by molar-refractivity contribution is 0.426. The Morgan fingerprint density at radius 2 is 2.08 bits per heavy atom. The summed E-state index contributed by atoms with van der Waals surface area (Å²) in [6.45, 7) is 0. The molecule has 0 unspecified atom stereocenters. The van der Waals surface area contributed by atoms with Gasteiger partial charge in [0.1, 0.15) is 0 Å². The van der Waals surface area contributed by atoms with Crippen LogP contribution in [-0.4, -0.2) is 24.2 Å². The molecule has 5 heteroatoms. The SMILES string of the molecule is CNc1ccc(B(O)O)cc1N. The second kappa shape index (κ2) is 3.47. The van der Waals surface area contributed by atoms with Crippen LogP contribution in [0.5, 0.6) is 0 Å². The first-order valence-electron chi connectivity index (χ1n) is 3.58. The van der Waals surface area contributed by atoms with E-state index in [1.807, 2.05) is 0 Å². The van der Waals surface area contributed by atoms with Crippen LogP contribution in [0.2, 0.25) is 0 Å². The van der Waals surface area contributed by atoms with Crippen LogP contribution in [0.15, 0.2) is 18.2 Å². The number of hydrogen-bond acceptors (Lipinski definition) is 4. The molecule has 0 bridgehead atoms. The van der Waals surface area contributed by atoms with E-state index in [4.69, 9.17) is 15.8 Å². The Labute approximate surface area is 71.2 Å². The van der Waals surface area contributed by atoms with E-state index in [9.17, 15) is 0 Å². The summed E-state index contributed by atoms with van der Waals surface area (Å²) in [5, 5.41) is 20.5. The summed E-state index contributed by atoms with van der Waals surface area (Å²) in [5.41, 5.74) is 7.26. The molecular weight excluding hydrogens is 155 g/mol. The van der Waals surface area contributed by atoms with Gasteiger partial charge in [0, 0.05) is 7.05 Å². The largest absolute Gasteiger partial charge is 0.488 e. The van der Waals surface area contributed by atoms with Gasteiger partial charge in [0.05, 0.1) is 11.4 Å². The second-order valence-corrected chi connectivity index (χ2v) is 2.47. The van der Waals surface area contributed by atoms with Crippen LogP contribution < -0.4 is 16.5 Å². The van der Waals surface area contributed by atoms with Crippen molar-refractivity contribution in [1.82, 2.24) is 0 Å². The molecule has 1 aromatic rings. The molecule has 0 saturated carbocycles. The van der Waals surface area contributed by atoms with Crippen LogP contribution in [0.25, 0.3) is 0 Å². The van der Waals surface area contributed by atoms with Crippen LogP contribution >= 0.6 is 0 Å². The fraction of sp³-hybridized carbons (Fsp3) is 0.143. The number of hydrogen-bond donors (Lipinski definition) is 4. The molecular formula is C7H11BN2O2. The Hall–Kier alpha value is -1.20. The third-order valence-corrected chi connectivity index (χ3v) is 1.64. The van der Waals surface area contributed by atoms with E-state index in [2.05, 4.69) is 5.32 Å². The maximum atomic E-state index is 8.79. The highest BCUT2D eigenvalue weighted by atomic mass is 16.4. The summed E-state index contributed by atoms with van der Waals surface area (Å²) in [5.74, 6) is 0. The molecule has 1 aromatic carbocycles. The third-order valence-electron chi connectivity index (χ3n) is 1.64. The highest BCUT2D eigenvalue weighted by Crippen LogP contribution is 2.14. The summed E-state index contributed by atoms with van der Waals surface area (Å²) < 4.78 is 0. The number of benzene rings is 1. The zero-order valence-electron chi connectivity index (χ0n) is 6.78. The number of rotatable bonds is 2. The molecule has 0 aliphatic carbocycles. The van der Waals surface area contributed by atoms with Gasteiger partial charge in [-0.2, -0.15) is 0 Å². The maximum absolute atomic E-state index is 8.79. The molecule has 0 heterocycles. The molecule has 12 heavy (non-hydrogen) atoms. The quantitative estimate of drug-likeness (QED) is 0.335. The van der Waals surface area contributed by atoms with E-state index in [1.54, 1.807) is 19.2 Å². The number of nitrogens with one attached hydrogen (secondary N) is 1. The average molecular weight is 166 g/mol. The van der Waals surface area contributed by atoms with E-state index < -0.39 is 7.12 Å². The zero-order chi connectivity index (χ0) is 9.14. The van der Waals surface area contributed by atoms with Crippen LogP contribution in [0.4, 0.5) is 11.4 Å².